The van der Waals surface area contributed by atoms with Crippen molar-refractivity contribution in [3.8, 4) is 0 Å². The van der Waals surface area contributed by atoms with Crippen LogP contribution >= 0.6 is 0 Å². The van der Waals surface area contributed by atoms with Crippen LogP contribution < -0.4 is 5.32 Å². The van der Waals surface area contributed by atoms with Crippen molar-refractivity contribution < 1.29 is 5.11 Å². The van der Waals surface area contributed by atoms with Crippen LogP contribution in [0.2, 0.25) is 0 Å². The van der Waals surface area contributed by atoms with E-state index in [0.29, 0.717) is 0 Å². The standard InChI is InChI=1S/C14H25NO/c1-9(15-2)13(16)14-6-10-3-11(7-14)5-12(4-10)8-14/h9-13,15-16H,3-8H2,1-2H3/t9-,10?,11?,12?,13+,14?/m0/s1. The van der Waals surface area contributed by atoms with Crippen LogP contribution in [0.25, 0.3) is 0 Å². The van der Waals surface area contributed by atoms with E-state index in [2.05, 4.69) is 12.2 Å². The lowest BCUT2D eigenvalue weighted by Gasteiger charge is -2.59. The second-order valence-corrected chi connectivity index (χ2v) is 6.80. The zero-order valence-corrected chi connectivity index (χ0v) is 10.6. The molecule has 0 aromatic heterocycles. The lowest BCUT2D eigenvalue weighted by Crippen LogP contribution is -2.56. The smallest absolute Gasteiger partial charge is 0.0746 e. The van der Waals surface area contributed by atoms with Crippen molar-refractivity contribution in [2.24, 2.45) is 23.2 Å². The van der Waals surface area contributed by atoms with E-state index in [9.17, 15) is 5.11 Å². The van der Waals surface area contributed by atoms with Gasteiger partial charge in [-0.2, -0.15) is 0 Å². The summed E-state index contributed by atoms with van der Waals surface area (Å²) in [7, 11) is 1.97. The molecule has 0 amide bonds. The minimum absolute atomic E-state index is 0.133. The summed E-state index contributed by atoms with van der Waals surface area (Å²) in [5, 5.41) is 13.9. The van der Waals surface area contributed by atoms with E-state index in [1.54, 1.807) is 0 Å². The van der Waals surface area contributed by atoms with Gasteiger partial charge < -0.3 is 10.4 Å². The fourth-order valence-electron chi connectivity index (χ4n) is 5.23. The van der Waals surface area contributed by atoms with Crippen LogP contribution in [-0.2, 0) is 0 Å². The van der Waals surface area contributed by atoms with Crippen LogP contribution in [0.1, 0.15) is 45.4 Å². The SMILES string of the molecule is CN[C@@H](C)[C@@H](O)C12CC3CC(CC(C3)C1)C2. The quantitative estimate of drug-likeness (QED) is 0.768. The minimum Gasteiger partial charge on any atom is -0.391 e. The van der Waals surface area contributed by atoms with E-state index in [-0.39, 0.29) is 17.6 Å². The Bertz CT molecular complexity index is 241. The zero-order chi connectivity index (χ0) is 11.3. The van der Waals surface area contributed by atoms with E-state index in [1.807, 2.05) is 7.05 Å². The maximum atomic E-state index is 10.6. The molecule has 2 heteroatoms. The summed E-state index contributed by atoms with van der Waals surface area (Å²) in [5.41, 5.74) is 0.275. The first-order valence-electron chi connectivity index (χ1n) is 6.98. The van der Waals surface area contributed by atoms with Crippen LogP contribution in [0.4, 0.5) is 0 Å². The lowest BCUT2D eigenvalue weighted by molar-refractivity contribution is -0.127. The number of hydrogen-bond donors (Lipinski definition) is 2. The highest BCUT2D eigenvalue weighted by Gasteiger charge is 2.54. The van der Waals surface area contributed by atoms with E-state index in [0.717, 1.165) is 17.8 Å². The third kappa shape index (κ3) is 1.53. The van der Waals surface area contributed by atoms with Gasteiger partial charge in [0.25, 0.3) is 0 Å². The van der Waals surface area contributed by atoms with Gasteiger partial charge in [-0.25, -0.2) is 0 Å². The molecular formula is C14H25NO. The van der Waals surface area contributed by atoms with Crippen molar-refractivity contribution in [1.82, 2.24) is 5.32 Å². The average Bonchev–Trinajstić information content (AvgIpc) is 2.25. The summed E-state index contributed by atoms with van der Waals surface area (Å²) >= 11 is 0. The molecule has 2 N–H and O–H groups in total. The summed E-state index contributed by atoms with van der Waals surface area (Å²) in [4.78, 5) is 0. The first-order chi connectivity index (χ1) is 7.63. The van der Waals surface area contributed by atoms with Gasteiger partial charge in [0.2, 0.25) is 0 Å². The van der Waals surface area contributed by atoms with Gasteiger partial charge >= 0.3 is 0 Å². The molecule has 4 bridgehead atoms. The van der Waals surface area contributed by atoms with Crippen LogP contribution in [0.3, 0.4) is 0 Å². The van der Waals surface area contributed by atoms with Gasteiger partial charge in [-0.05, 0) is 75.7 Å². The number of likely N-dealkylation sites (N-methyl/N-ethyl adjacent to an activating group) is 1. The highest BCUT2D eigenvalue weighted by Crippen LogP contribution is 2.61. The Labute approximate surface area is 98.8 Å². The predicted octanol–water partition coefficient (Wildman–Crippen LogP) is 2.17. The van der Waals surface area contributed by atoms with Gasteiger partial charge in [-0.1, -0.05) is 0 Å². The Morgan fingerprint density at radius 1 is 1.06 bits per heavy atom. The molecule has 4 aliphatic carbocycles. The monoisotopic (exact) mass is 223 g/mol. The van der Waals surface area contributed by atoms with Gasteiger partial charge in [0.05, 0.1) is 6.10 Å². The Morgan fingerprint density at radius 2 is 1.50 bits per heavy atom. The van der Waals surface area contributed by atoms with Gasteiger partial charge in [-0.15, -0.1) is 0 Å². The number of aliphatic hydroxyl groups is 1. The Balaban J connectivity index is 1.82. The van der Waals surface area contributed by atoms with Gasteiger partial charge in [0.1, 0.15) is 0 Å². The topological polar surface area (TPSA) is 32.3 Å². The van der Waals surface area contributed by atoms with Crippen molar-refractivity contribution in [3.05, 3.63) is 0 Å². The molecule has 0 aromatic carbocycles. The van der Waals surface area contributed by atoms with E-state index in [1.165, 1.54) is 38.5 Å². The van der Waals surface area contributed by atoms with Gasteiger partial charge in [0.15, 0.2) is 0 Å². The van der Waals surface area contributed by atoms with E-state index < -0.39 is 0 Å². The molecule has 92 valence electrons. The molecule has 2 atom stereocenters. The molecule has 0 heterocycles. The van der Waals surface area contributed by atoms with Gasteiger partial charge in [-0.3, -0.25) is 0 Å². The molecule has 0 unspecified atom stereocenters. The van der Waals surface area contributed by atoms with Crippen molar-refractivity contribution in [2.45, 2.75) is 57.6 Å². The molecule has 16 heavy (non-hydrogen) atoms. The van der Waals surface area contributed by atoms with Gasteiger partial charge in [0, 0.05) is 6.04 Å². The molecule has 4 fully saturated rings. The fourth-order valence-corrected chi connectivity index (χ4v) is 5.23. The minimum atomic E-state index is -0.133. The largest absolute Gasteiger partial charge is 0.391 e. The first kappa shape index (κ1) is 11.0. The first-order valence-corrected chi connectivity index (χ1v) is 6.98. The Hall–Kier alpha value is -0.0800. The highest BCUT2D eigenvalue weighted by molar-refractivity contribution is 5.05. The number of hydrogen-bond acceptors (Lipinski definition) is 2. The molecule has 4 saturated carbocycles. The number of aliphatic hydroxyl groups excluding tert-OH is 1. The van der Waals surface area contributed by atoms with Crippen LogP contribution in [-0.4, -0.2) is 24.3 Å². The summed E-state index contributed by atoms with van der Waals surface area (Å²) in [5.74, 6) is 2.81. The highest BCUT2D eigenvalue weighted by atomic mass is 16.3. The molecule has 0 radical (unpaired) electrons. The van der Waals surface area contributed by atoms with Crippen LogP contribution in [0.15, 0.2) is 0 Å². The van der Waals surface area contributed by atoms with Crippen LogP contribution in [0, 0.1) is 23.2 Å². The number of nitrogens with one attached hydrogen (secondary N) is 1. The molecule has 4 aliphatic rings. The molecule has 0 aromatic rings. The van der Waals surface area contributed by atoms with Crippen molar-refractivity contribution >= 4 is 0 Å². The molecule has 0 spiro atoms. The summed E-state index contributed by atoms with van der Waals surface area (Å²) < 4.78 is 0. The van der Waals surface area contributed by atoms with Crippen molar-refractivity contribution in [3.63, 3.8) is 0 Å². The molecule has 2 nitrogen and oxygen atoms in total. The average molecular weight is 223 g/mol. The van der Waals surface area contributed by atoms with Crippen molar-refractivity contribution in [1.29, 1.82) is 0 Å². The molecule has 0 aliphatic heterocycles. The third-order valence-electron chi connectivity index (χ3n) is 5.64. The molecule has 0 saturated heterocycles. The molecule has 4 rings (SSSR count). The summed E-state index contributed by atoms with van der Waals surface area (Å²) in [6.07, 6.45) is 8.13. The maximum absolute atomic E-state index is 10.6. The van der Waals surface area contributed by atoms with E-state index >= 15 is 0 Å². The molecular weight excluding hydrogens is 198 g/mol. The lowest BCUT2D eigenvalue weighted by atomic mass is 9.47. The third-order valence-corrected chi connectivity index (χ3v) is 5.64. The normalized spacial score (nSPS) is 49.3. The van der Waals surface area contributed by atoms with Crippen molar-refractivity contribution in [2.75, 3.05) is 7.05 Å². The zero-order valence-electron chi connectivity index (χ0n) is 10.6. The summed E-state index contributed by atoms with van der Waals surface area (Å²) in [6.45, 7) is 2.13. The predicted molar refractivity (Wildman–Crippen MR) is 65.1 cm³/mol. The Morgan fingerprint density at radius 3 is 1.88 bits per heavy atom. The van der Waals surface area contributed by atoms with Crippen LogP contribution in [0.5, 0.6) is 0 Å². The second kappa shape index (κ2) is 3.71. The fraction of sp³-hybridized carbons (Fsp3) is 1.00. The second-order valence-electron chi connectivity index (χ2n) is 6.80. The van der Waals surface area contributed by atoms with E-state index in [4.69, 9.17) is 0 Å². The maximum Gasteiger partial charge on any atom is 0.0746 e. The number of rotatable bonds is 3. The Kier molecular flexibility index (Phi) is 2.56. The summed E-state index contributed by atoms with van der Waals surface area (Å²) in [6, 6.07) is 0.247.